The van der Waals surface area contributed by atoms with E-state index < -0.39 is 0 Å². The van der Waals surface area contributed by atoms with Crippen molar-refractivity contribution in [1.29, 1.82) is 0 Å². The number of amides is 1. The van der Waals surface area contributed by atoms with E-state index in [-0.39, 0.29) is 5.91 Å². The molecule has 0 bridgehead atoms. The fraction of sp³-hybridized carbons (Fsp3) is 0.294. The Morgan fingerprint density at radius 1 is 1.09 bits per heavy atom. The number of hydrogen-bond donors (Lipinski definition) is 1. The molecule has 1 N–H and O–H groups in total. The van der Waals surface area contributed by atoms with Crippen LogP contribution >= 0.6 is 0 Å². The molecule has 1 aromatic heterocycles. The summed E-state index contributed by atoms with van der Waals surface area (Å²) in [5.41, 5.74) is 1.34. The van der Waals surface area contributed by atoms with Gasteiger partial charge in [-0.25, -0.2) is 0 Å². The first-order valence-corrected chi connectivity index (χ1v) is 7.32. The number of benzene rings is 1. The molecule has 2 aromatic rings. The van der Waals surface area contributed by atoms with Crippen molar-refractivity contribution < 1.29 is 14.3 Å². The summed E-state index contributed by atoms with van der Waals surface area (Å²) in [7, 11) is 0. The lowest BCUT2D eigenvalue weighted by Gasteiger charge is -2.12. The van der Waals surface area contributed by atoms with Gasteiger partial charge in [0.05, 0.1) is 25.5 Å². The van der Waals surface area contributed by atoms with Crippen molar-refractivity contribution in [3.63, 3.8) is 0 Å². The van der Waals surface area contributed by atoms with Crippen LogP contribution in [0.2, 0.25) is 0 Å². The molecule has 1 aromatic carbocycles. The van der Waals surface area contributed by atoms with Crippen LogP contribution in [0, 0.1) is 0 Å². The van der Waals surface area contributed by atoms with E-state index in [1.165, 1.54) is 0 Å². The first-order valence-electron chi connectivity index (χ1n) is 7.32. The van der Waals surface area contributed by atoms with Gasteiger partial charge in [0, 0.05) is 11.8 Å². The fourth-order valence-electron chi connectivity index (χ4n) is 1.97. The van der Waals surface area contributed by atoms with Gasteiger partial charge >= 0.3 is 0 Å². The van der Waals surface area contributed by atoms with Crippen LogP contribution in [0.3, 0.4) is 0 Å². The minimum Gasteiger partial charge on any atom is -0.490 e. The lowest BCUT2D eigenvalue weighted by Crippen LogP contribution is -2.23. The van der Waals surface area contributed by atoms with Crippen molar-refractivity contribution in [1.82, 2.24) is 10.3 Å². The molecule has 0 radical (unpaired) electrons. The molecule has 0 spiro atoms. The molecule has 1 amide bonds. The highest BCUT2D eigenvalue weighted by Gasteiger charge is 2.11. The molecule has 1 heterocycles. The molecular formula is C17H20N2O3. The summed E-state index contributed by atoms with van der Waals surface area (Å²) in [4.78, 5) is 16.4. The topological polar surface area (TPSA) is 60.5 Å². The van der Waals surface area contributed by atoms with Gasteiger partial charge in [-0.15, -0.1) is 0 Å². The Kier molecular flexibility index (Phi) is 5.77. The van der Waals surface area contributed by atoms with Crippen molar-refractivity contribution >= 4 is 5.91 Å². The minimum atomic E-state index is -0.172. The van der Waals surface area contributed by atoms with Gasteiger partial charge in [0.25, 0.3) is 5.91 Å². The highest BCUT2D eigenvalue weighted by Crippen LogP contribution is 2.28. The maximum atomic E-state index is 12.2. The van der Waals surface area contributed by atoms with Crippen LogP contribution in [0.1, 0.15) is 29.9 Å². The number of rotatable bonds is 7. The Hall–Kier alpha value is -2.56. The van der Waals surface area contributed by atoms with Crippen LogP contribution in [-0.2, 0) is 6.54 Å². The molecule has 5 heteroatoms. The SMILES string of the molecule is CCOc1ccc(C(=O)NCc2ccccn2)cc1OCC. The molecule has 0 aliphatic rings. The van der Waals surface area contributed by atoms with E-state index in [0.29, 0.717) is 36.8 Å². The summed E-state index contributed by atoms with van der Waals surface area (Å²) in [6, 6.07) is 10.8. The number of nitrogens with zero attached hydrogens (tertiary/aromatic N) is 1. The Morgan fingerprint density at radius 3 is 2.55 bits per heavy atom. The highest BCUT2D eigenvalue weighted by molar-refractivity contribution is 5.94. The molecule has 0 aliphatic carbocycles. The van der Waals surface area contributed by atoms with Crippen molar-refractivity contribution in [2.24, 2.45) is 0 Å². The zero-order valence-corrected chi connectivity index (χ0v) is 12.8. The Bertz CT molecular complexity index is 615. The van der Waals surface area contributed by atoms with Crippen LogP contribution in [0.5, 0.6) is 11.5 Å². The van der Waals surface area contributed by atoms with Gasteiger partial charge in [-0.1, -0.05) is 6.07 Å². The van der Waals surface area contributed by atoms with Crippen molar-refractivity contribution in [2.75, 3.05) is 13.2 Å². The van der Waals surface area contributed by atoms with E-state index >= 15 is 0 Å². The number of nitrogens with one attached hydrogen (secondary N) is 1. The number of hydrogen-bond acceptors (Lipinski definition) is 4. The van der Waals surface area contributed by atoms with E-state index in [1.807, 2.05) is 32.0 Å². The molecule has 0 aliphatic heterocycles. The lowest BCUT2D eigenvalue weighted by molar-refractivity contribution is 0.0950. The van der Waals surface area contributed by atoms with Gasteiger partial charge in [-0.2, -0.15) is 0 Å². The standard InChI is InChI=1S/C17H20N2O3/c1-3-21-15-9-8-13(11-16(15)22-4-2)17(20)19-12-14-7-5-6-10-18-14/h5-11H,3-4,12H2,1-2H3,(H,19,20). The maximum Gasteiger partial charge on any atom is 0.251 e. The summed E-state index contributed by atoms with van der Waals surface area (Å²) in [5, 5.41) is 2.84. The first kappa shape index (κ1) is 15.8. The summed E-state index contributed by atoms with van der Waals surface area (Å²) < 4.78 is 11.0. The molecule has 116 valence electrons. The zero-order chi connectivity index (χ0) is 15.8. The quantitative estimate of drug-likeness (QED) is 0.854. The number of ether oxygens (including phenoxy) is 2. The van der Waals surface area contributed by atoms with Gasteiger partial charge in [0.1, 0.15) is 0 Å². The summed E-state index contributed by atoms with van der Waals surface area (Å²) in [6.07, 6.45) is 1.70. The van der Waals surface area contributed by atoms with E-state index in [2.05, 4.69) is 10.3 Å². The zero-order valence-electron chi connectivity index (χ0n) is 12.8. The predicted octanol–water partition coefficient (Wildman–Crippen LogP) is 2.81. The van der Waals surface area contributed by atoms with Crippen LogP contribution in [0.4, 0.5) is 0 Å². The van der Waals surface area contributed by atoms with Gasteiger partial charge in [0.15, 0.2) is 11.5 Å². The molecular weight excluding hydrogens is 280 g/mol. The number of aromatic nitrogens is 1. The van der Waals surface area contributed by atoms with Gasteiger partial charge in [-0.3, -0.25) is 9.78 Å². The van der Waals surface area contributed by atoms with Crippen molar-refractivity contribution in [3.8, 4) is 11.5 Å². The maximum absolute atomic E-state index is 12.2. The third kappa shape index (κ3) is 4.22. The van der Waals surface area contributed by atoms with E-state index in [4.69, 9.17) is 9.47 Å². The summed E-state index contributed by atoms with van der Waals surface area (Å²) in [6.45, 7) is 5.24. The molecule has 22 heavy (non-hydrogen) atoms. The number of pyridine rings is 1. The molecule has 0 saturated heterocycles. The van der Waals surface area contributed by atoms with Gasteiger partial charge in [0.2, 0.25) is 0 Å². The van der Waals surface area contributed by atoms with Gasteiger partial charge in [-0.05, 0) is 44.2 Å². The van der Waals surface area contributed by atoms with Crippen LogP contribution < -0.4 is 14.8 Å². The summed E-state index contributed by atoms with van der Waals surface area (Å²) >= 11 is 0. The second-order valence-electron chi connectivity index (χ2n) is 4.53. The predicted molar refractivity (Wildman–Crippen MR) is 84.2 cm³/mol. The van der Waals surface area contributed by atoms with E-state index in [0.717, 1.165) is 5.69 Å². The monoisotopic (exact) mass is 300 g/mol. The second-order valence-corrected chi connectivity index (χ2v) is 4.53. The van der Waals surface area contributed by atoms with Gasteiger partial charge < -0.3 is 14.8 Å². The third-order valence-corrected chi connectivity index (χ3v) is 2.96. The second kappa shape index (κ2) is 8.02. The van der Waals surface area contributed by atoms with E-state index in [9.17, 15) is 4.79 Å². The smallest absolute Gasteiger partial charge is 0.251 e. The number of carbonyl (C=O) groups excluding carboxylic acids is 1. The number of carbonyl (C=O) groups is 1. The van der Waals surface area contributed by atoms with Crippen LogP contribution in [-0.4, -0.2) is 24.1 Å². The Labute approximate surface area is 130 Å². The van der Waals surface area contributed by atoms with Crippen molar-refractivity contribution in [3.05, 3.63) is 53.9 Å². The van der Waals surface area contributed by atoms with Crippen molar-refractivity contribution in [2.45, 2.75) is 20.4 Å². The largest absolute Gasteiger partial charge is 0.490 e. The normalized spacial score (nSPS) is 10.1. The fourth-order valence-corrected chi connectivity index (χ4v) is 1.97. The minimum absolute atomic E-state index is 0.172. The average molecular weight is 300 g/mol. The molecule has 0 unspecified atom stereocenters. The molecule has 0 atom stereocenters. The molecule has 2 rings (SSSR count). The third-order valence-electron chi connectivity index (χ3n) is 2.96. The Morgan fingerprint density at radius 2 is 1.86 bits per heavy atom. The average Bonchev–Trinajstić information content (AvgIpc) is 2.55. The molecule has 0 fully saturated rings. The van der Waals surface area contributed by atoms with E-state index in [1.54, 1.807) is 24.4 Å². The Balaban J connectivity index is 2.07. The first-order chi connectivity index (χ1) is 10.7. The summed E-state index contributed by atoms with van der Waals surface area (Å²) in [5.74, 6) is 1.05. The molecule has 0 saturated carbocycles. The molecule has 5 nitrogen and oxygen atoms in total. The lowest BCUT2D eigenvalue weighted by atomic mass is 10.2. The van der Waals surface area contributed by atoms with Crippen LogP contribution in [0.15, 0.2) is 42.6 Å². The van der Waals surface area contributed by atoms with Crippen LogP contribution in [0.25, 0.3) is 0 Å². The highest BCUT2D eigenvalue weighted by atomic mass is 16.5.